The highest BCUT2D eigenvalue weighted by atomic mass is 16.5. The summed E-state index contributed by atoms with van der Waals surface area (Å²) in [6, 6.07) is 5.05. The zero-order valence-corrected chi connectivity index (χ0v) is 11.5. The lowest BCUT2D eigenvalue weighted by molar-refractivity contribution is -0.131. The normalized spacial score (nSPS) is 11.9. The molecule has 1 atom stereocenters. The lowest BCUT2D eigenvalue weighted by Gasteiger charge is -2.17. The molecule has 6 heteroatoms. The molecule has 1 rings (SSSR count). The zero-order chi connectivity index (χ0) is 15.1. The monoisotopic (exact) mass is 279 g/mol. The number of carboxylic acids is 1. The second-order valence-electron chi connectivity index (χ2n) is 3.92. The lowest BCUT2D eigenvalue weighted by Crippen LogP contribution is -2.33. The van der Waals surface area contributed by atoms with E-state index in [1.807, 2.05) is 0 Å². The van der Waals surface area contributed by atoms with Gasteiger partial charge < -0.3 is 19.9 Å². The molecule has 0 saturated carbocycles. The minimum atomic E-state index is -1.07. The fraction of sp³-hybridized carbons (Fsp3) is 0.286. The Kier molecular flexibility index (Phi) is 5.58. The summed E-state index contributed by atoms with van der Waals surface area (Å²) < 4.78 is 10.7. The number of benzene rings is 1. The predicted octanol–water partition coefficient (Wildman–Crippen LogP) is 1.31. The molecule has 0 radical (unpaired) electrons. The molecule has 0 saturated heterocycles. The number of methoxy groups -OCH3 is 1. The topological polar surface area (TPSA) is 84.9 Å². The molecule has 1 amide bonds. The van der Waals surface area contributed by atoms with Crippen molar-refractivity contribution < 1.29 is 24.2 Å². The number of nitrogens with one attached hydrogen (secondary N) is 1. The van der Waals surface area contributed by atoms with Crippen LogP contribution >= 0.6 is 0 Å². The highest BCUT2D eigenvalue weighted by Gasteiger charge is 2.17. The number of hydrogen-bond acceptors (Lipinski definition) is 4. The molecule has 0 bridgehead atoms. The Morgan fingerprint density at radius 2 is 2.10 bits per heavy atom. The number of hydrogen-bond donors (Lipinski definition) is 2. The average Bonchev–Trinajstić information content (AvgIpc) is 2.44. The van der Waals surface area contributed by atoms with Crippen molar-refractivity contribution in [2.45, 2.75) is 13.0 Å². The number of amides is 1. The van der Waals surface area contributed by atoms with Gasteiger partial charge in [-0.3, -0.25) is 4.79 Å². The summed E-state index contributed by atoms with van der Waals surface area (Å²) in [5, 5.41) is 11.2. The third kappa shape index (κ3) is 4.01. The van der Waals surface area contributed by atoms with E-state index in [1.54, 1.807) is 25.1 Å². The number of carbonyl (C=O) groups excluding carboxylic acids is 1. The van der Waals surface area contributed by atoms with Crippen molar-refractivity contribution in [3.63, 3.8) is 0 Å². The summed E-state index contributed by atoms with van der Waals surface area (Å²) in [7, 11) is 2.98. The largest absolute Gasteiger partial charge is 0.493 e. The summed E-state index contributed by atoms with van der Waals surface area (Å²) in [5.41, 5.74) is 0.516. The van der Waals surface area contributed by atoms with Crippen molar-refractivity contribution in [2.24, 2.45) is 0 Å². The van der Waals surface area contributed by atoms with E-state index in [0.29, 0.717) is 17.1 Å². The van der Waals surface area contributed by atoms with Crippen molar-refractivity contribution in [3.8, 4) is 11.5 Å². The molecule has 20 heavy (non-hydrogen) atoms. The predicted molar refractivity (Wildman–Crippen MR) is 73.8 cm³/mol. The Morgan fingerprint density at radius 3 is 2.65 bits per heavy atom. The molecule has 2 N–H and O–H groups in total. The van der Waals surface area contributed by atoms with E-state index in [4.69, 9.17) is 14.6 Å². The van der Waals surface area contributed by atoms with Crippen LogP contribution in [0, 0.1) is 0 Å². The number of carboxylic acid groups (broad SMARTS) is 1. The first-order valence-electron chi connectivity index (χ1n) is 5.95. The van der Waals surface area contributed by atoms with Crippen LogP contribution in [0.15, 0.2) is 24.3 Å². The van der Waals surface area contributed by atoms with Crippen LogP contribution in [0.4, 0.5) is 0 Å². The van der Waals surface area contributed by atoms with Crippen LogP contribution in [0.25, 0.3) is 6.08 Å². The van der Waals surface area contributed by atoms with Crippen LogP contribution in [-0.2, 0) is 9.59 Å². The van der Waals surface area contributed by atoms with Crippen molar-refractivity contribution in [1.29, 1.82) is 0 Å². The third-order valence-corrected chi connectivity index (χ3v) is 2.55. The maximum Gasteiger partial charge on any atom is 0.328 e. The van der Waals surface area contributed by atoms with Gasteiger partial charge in [-0.15, -0.1) is 0 Å². The van der Waals surface area contributed by atoms with Gasteiger partial charge in [-0.2, -0.15) is 0 Å². The van der Waals surface area contributed by atoms with Gasteiger partial charge in [0.05, 0.1) is 7.11 Å². The van der Waals surface area contributed by atoms with Crippen molar-refractivity contribution in [1.82, 2.24) is 5.32 Å². The number of rotatable bonds is 6. The summed E-state index contributed by atoms with van der Waals surface area (Å²) in [4.78, 5) is 22.1. The molecule has 0 fully saturated rings. The lowest BCUT2D eigenvalue weighted by atomic mass is 10.1. The van der Waals surface area contributed by atoms with Crippen LogP contribution in [0.5, 0.6) is 11.5 Å². The van der Waals surface area contributed by atoms with Crippen LogP contribution < -0.4 is 14.8 Å². The molecular weight excluding hydrogens is 262 g/mol. The van der Waals surface area contributed by atoms with Gasteiger partial charge in [0, 0.05) is 18.7 Å². The van der Waals surface area contributed by atoms with E-state index in [2.05, 4.69) is 5.32 Å². The Labute approximate surface area is 117 Å². The molecule has 108 valence electrons. The molecule has 0 aliphatic carbocycles. The van der Waals surface area contributed by atoms with Crippen LogP contribution in [0.3, 0.4) is 0 Å². The van der Waals surface area contributed by atoms with Gasteiger partial charge in [0.2, 0.25) is 0 Å². The molecule has 0 spiro atoms. The molecule has 0 aliphatic heterocycles. The molecule has 1 aromatic carbocycles. The third-order valence-electron chi connectivity index (χ3n) is 2.55. The second-order valence-corrected chi connectivity index (χ2v) is 3.92. The summed E-state index contributed by atoms with van der Waals surface area (Å²) in [6.45, 7) is 1.59. The minimum absolute atomic E-state index is 0.288. The summed E-state index contributed by atoms with van der Waals surface area (Å²) >= 11 is 0. The van der Waals surface area contributed by atoms with E-state index in [9.17, 15) is 9.59 Å². The molecule has 0 aliphatic rings. The first kappa shape index (κ1) is 15.6. The summed E-state index contributed by atoms with van der Waals surface area (Å²) in [6.07, 6.45) is 1.65. The Hall–Kier alpha value is -2.50. The highest BCUT2D eigenvalue weighted by molar-refractivity contribution is 5.86. The number of carbonyl (C=O) groups is 2. The number of aliphatic carboxylic acids is 1. The molecule has 0 aromatic heterocycles. The quantitative estimate of drug-likeness (QED) is 0.767. The fourth-order valence-corrected chi connectivity index (χ4v) is 1.55. The van der Waals surface area contributed by atoms with E-state index < -0.39 is 12.1 Å². The average molecular weight is 279 g/mol. The van der Waals surface area contributed by atoms with Crippen LogP contribution in [-0.4, -0.2) is 37.2 Å². The van der Waals surface area contributed by atoms with E-state index in [-0.39, 0.29) is 5.91 Å². The fourth-order valence-electron chi connectivity index (χ4n) is 1.55. The molecular formula is C14H17NO5. The number of ether oxygens (including phenoxy) is 2. The SMILES string of the molecule is CNC(=O)C(C)Oc1c(/C=C/C(=O)O)cccc1OC. The molecule has 0 heterocycles. The van der Waals surface area contributed by atoms with Gasteiger partial charge in [-0.25, -0.2) is 4.79 Å². The first-order valence-corrected chi connectivity index (χ1v) is 5.95. The zero-order valence-electron chi connectivity index (χ0n) is 11.5. The number of para-hydroxylation sites is 1. The molecule has 6 nitrogen and oxygen atoms in total. The van der Waals surface area contributed by atoms with Crippen molar-refractivity contribution in [3.05, 3.63) is 29.8 Å². The van der Waals surface area contributed by atoms with E-state index in [0.717, 1.165) is 6.08 Å². The van der Waals surface area contributed by atoms with Crippen molar-refractivity contribution in [2.75, 3.05) is 14.2 Å². The maximum absolute atomic E-state index is 11.5. The Morgan fingerprint density at radius 1 is 1.40 bits per heavy atom. The molecule has 1 unspecified atom stereocenters. The minimum Gasteiger partial charge on any atom is -0.493 e. The van der Waals surface area contributed by atoms with Gasteiger partial charge >= 0.3 is 5.97 Å². The van der Waals surface area contributed by atoms with E-state index >= 15 is 0 Å². The standard InChI is InChI=1S/C14H17NO5/c1-9(14(18)15-2)20-13-10(7-8-12(16)17)5-4-6-11(13)19-3/h4-9H,1-3H3,(H,15,18)(H,16,17)/b8-7+. The maximum atomic E-state index is 11.5. The van der Waals surface area contributed by atoms with Crippen LogP contribution in [0.2, 0.25) is 0 Å². The van der Waals surface area contributed by atoms with Gasteiger partial charge in [0.1, 0.15) is 0 Å². The first-order chi connectivity index (χ1) is 9.49. The molecule has 1 aromatic rings. The highest BCUT2D eigenvalue weighted by Crippen LogP contribution is 2.32. The smallest absolute Gasteiger partial charge is 0.328 e. The van der Waals surface area contributed by atoms with E-state index in [1.165, 1.54) is 20.2 Å². The van der Waals surface area contributed by atoms with Gasteiger partial charge in [-0.1, -0.05) is 12.1 Å². The number of likely N-dealkylation sites (N-methyl/N-ethyl adjacent to an activating group) is 1. The van der Waals surface area contributed by atoms with Crippen molar-refractivity contribution >= 4 is 18.0 Å². The van der Waals surface area contributed by atoms with Gasteiger partial charge in [0.15, 0.2) is 17.6 Å². The summed E-state index contributed by atoms with van der Waals surface area (Å²) in [5.74, 6) is -0.612. The van der Waals surface area contributed by atoms with Gasteiger partial charge in [-0.05, 0) is 19.1 Å². The Bertz CT molecular complexity index is 524. The van der Waals surface area contributed by atoms with Crippen LogP contribution in [0.1, 0.15) is 12.5 Å². The Balaban J connectivity index is 3.13. The second kappa shape index (κ2) is 7.18. The van der Waals surface area contributed by atoms with Gasteiger partial charge in [0.25, 0.3) is 5.91 Å².